The lowest BCUT2D eigenvalue weighted by atomic mass is 10.4. The van der Waals surface area contributed by atoms with Crippen molar-refractivity contribution in [1.29, 1.82) is 0 Å². The van der Waals surface area contributed by atoms with E-state index in [2.05, 4.69) is 23.8 Å². The number of aliphatic hydroxyl groups excluding tert-OH is 1. The third-order valence-corrected chi connectivity index (χ3v) is 1.47. The fourth-order valence-corrected chi connectivity index (χ4v) is 0.953. The Kier molecular flexibility index (Phi) is 2.51. The van der Waals surface area contributed by atoms with Gasteiger partial charge >= 0.3 is 0 Å². The molecular formula is C8H13NO. The Bertz CT molecular complexity index is 193. The largest absolute Gasteiger partial charge is 0.396 e. The minimum atomic E-state index is 0.275. The maximum atomic E-state index is 8.52. The van der Waals surface area contributed by atoms with Gasteiger partial charge in [-0.05, 0) is 25.0 Å². The summed E-state index contributed by atoms with van der Waals surface area (Å²) in [5.74, 6) is 0. The van der Waals surface area contributed by atoms with E-state index in [-0.39, 0.29) is 6.61 Å². The smallest absolute Gasteiger partial charge is 0.0448 e. The van der Waals surface area contributed by atoms with Gasteiger partial charge in [0.05, 0.1) is 0 Å². The van der Waals surface area contributed by atoms with Crippen molar-refractivity contribution in [1.82, 2.24) is 4.57 Å². The lowest BCUT2D eigenvalue weighted by Crippen LogP contribution is -1.96. The summed E-state index contributed by atoms with van der Waals surface area (Å²) in [6.07, 6.45) is 4.95. The van der Waals surface area contributed by atoms with Crippen LogP contribution in [-0.2, 0) is 6.54 Å². The van der Waals surface area contributed by atoms with Crippen LogP contribution in [0.3, 0.4) is 0 Å². The van der Waals surface area contributed by atoms with Crippen LogP contribution in [0.5, 0.6) is 0 Å². The zero-order valence-electron chi connectivity index (χ0n) is 6.25. The second-order valence-electron chi connectivity index (χ2n) is 2.50. The van der Waals surface area contributed by atoms with E-state index in [4.69, 9.17) is 5.11 Å². The van der Waals surface area contributed by atoms with Crippen molar-refractivity contribution in [2.75, 3.05) is 6.61 Å². The third kappa shape index (κ3) is 1.88. The Balaban J connectivity index is 2.42. The molecule has 56 valence electrons. The Labute approximate surface area is 61.1 Å². The molecule has 2 nitrogen and oxygen atoms in total. The predicted molar refractivity (Wildman–Crippen MR) is 40.9 cm³/mol. The summed E-state index contributed by atoms with van der Waals surface area (Å²) in [7, 11) is 0. The van der Waals surface area contributed by atoms with Gasteiger partial charge in [0.2, 0.25) is 0 Å². The first-order valence-corrected chi connectivity index (χ1v) is 3.56. The third-order valence-electron chi connectivity index (χ3n) is 1.47. The fraction of sp³-hybridized carbons (Fsp3) is 0.500. The van der Waals surface area contributed by atoms with Crippen molar-refractivity contribution >= 4 is 0 Å². The highest BCUT2D eigenvalue weighted by Crippen LogP contribution is 1.98. The number of aryl methyl sites for hydroxylation is 2. The Morgan fingerprint density at radius 3 is 2.90 bits per heavy atom. The van der Waals surface area contributed by atoms with Gasteiger partial charge in [0, 0.05) is 25.5 Å². The van der Waals surface area contributed by atoms with Gasteiger partial charge in [-0.1, -0.05) is 0 Å². The van der Waals surface area contributed by atoms with Crippen LogP contribution >= 0.6 is 0 Å². The van der Waals surface area contributed by atoms with E-state index in [1.54, 1.807) is 0 Å². The number of aliphatic hydroxyl groups is 1. The van der Waals surface area contributed by atoms with Crippen LogP contribution in [0.1, 0.15) is 12.0 Å². The standard InChI is InChI=1S/C8H13NO/c1-8-3-5-9(7-8)4-2-6-10/h3,5,7,10H,2,4,6H2,1H3. The predicted octanol–water partition coefficient (Wildman–Crippen LogP) is 1.18. The molecule has 0 aliphatic heterocycles. The highest BCUT2D eigenvalue weighted by atomic mass is 16.3. The minimum absolute atomic E-state index is 0.275. The van der Waals surface area contributed by atoms with Crippen LogP contribution in [0, 0.1) is 6.92 Å². The summed E-state index contributed by atoms with van der Waals surface area (Å²) in [6.45, 7) is 3.26. The molecule has 0 fully saturated rings. The van der Waals surface area contributed by atoms with Gasteiger partial charge in [0.15, 0.2) is 0 Å². The first-order valence-electron chi connectivity index (χ1n) is 3.56. The molecular weight excluding hydrogens is 126 g/mol. The lowest BCUT2D eigenvalue weighted by Gasteiger charge is -1.97. The number of aromatic nitrogens is 1. The average Bonchev–Trinajstić information content (AvgIpc) is 2.31. The SMILES string of the molecule is Cc1ccn(CCCO)c1. The quantitative estimate of drug-likeness (QED) is 0.668. The molecule has 0 aromatic carbocycles. The van der Waals surface area contributed by atoms with Crippen LogP contribution in [0.4, 0.5) is 0 Å². The van der Waals surface area contributed by atoms with E-state index in [0.717, 1.165) is 13.0 Å². The molecule has 0 aliphatic rings. The monoisotopic (exact) mass is 139 g/mol. The fourth-order valence-electron chi connectivity index (χ4n) is 0.953. The van der Waals surface area contributed by atoms with E-state index >= 15 is 0 Å². The Morgan fingerprint density at radius 2 is 2.40 bits per heavy atom. The molecule has 0 saturated carbocycles. The normalized spacial score (nSPS) is 10.2. The molecule has 0 radical (unpaired) electrons. The molecule has 0 amide bonds. The molecule has 2 heteroatoms. The number of hydrogen-bond donors (Lipinski definition) is 1. The molecule has 0 spiro atoms. The molecule has 0 bridgehead atoms. The van der Waals surface area contributed by atoms with Crippen molar-refractivity contribution in [3.8, 4) is 0 Å². The maximum absolute atomic E-state index is 8.52. The molecule has 0 unspecified atom stereocenters. The first-order chi connectivity index (χ1) is 4.83. The molecule has 0 atom stereocenters. The van der Waals surface area contributed by atoms with Gasteiger partial charge in [0.1, 0.15) is 0 Å². The summed E-state index contributed by atoms with van der Waals surface area (Å²) in [5, 5.41) is 8.52. The van der Waals surface area contributed by atoms with Crippen LogP contribution in [0.15, 0.2) is 18.5 Å². The molecule has 1 N–H and O–H groups in total. The summed E-state index contributed by atoms with van der Waals surface area (Å²) in [4.78, 5) is 0. The van der Waals surface area contributed by atoms with Crippen LogP contribution in [-0.4, -0.2) is 16.3 Å². The molecule has 1 heterocycles. The maximum Gasteiger partial charge on any atom is 0.0448 e. The molecule has 10 heavy (non-hydrogen) atoms. The zero-order valence-corrected chi connectivity index (χ0v) is 6.25. The van der Waals surface area contributed by atoms with E-state index in [1.807, 2.05) is 6.20 Å². The molecule has 1 rings (SSSR count). The second-order valence-corrected chi connectivity index (χ2v) is 2.50. The molecule has 1 aromatic heterocycles. The minimum Gasteiger partial charge on any atom is -0.396 e. The number of nitrogens with zero attached hydrogens (tertiary/aromatic N) is 1. The van der Waals surface area contributed by atoms with Crippen molar-refractivity contribution in [2.45, 2.75) is 19.9 Å². The van der Waals surface area contributed by atoms with Gasteiger partial charge in [0.25, 0.3) is 0 Å². The summed E-state index contributed by atoms with van der Waals surface area (Å²) in [5.41, 5.74) is 1.28. The second kappa shape index (κ2) is 3.42. The highest BCUT2D eigenvalue weighted by Gasteiger charge is 1.89. The molecule has 0 aliphatic carbocycles. The molecule has 0 saturated heterocycles. The van der Waals surface area contributed by atoms with Crippen molar-refractivity contribution in [2.24, 2.45) is 0 Å². The summed E-state index contributed by atoms with van der Waals surface area (Å²) in [6, 6.07) is 2.07. The van der Waals surface area contributed by atoms with Crippen molar-refractivity contribution in [3.63, 3.8) is 0 Å². The summed E-state index contributed by atoms with van der Waals surface area (Å²) < 4.78 is 2.09. The van der Waals surface area contributed by atoms with E-state index in [9.17, 15) is 0 Å². The summed E-state index contributed by atoms with van der Waals surface area (Å²) >= 11 is 0. The lowest BCUT2D eigenvalue weighted by molar-refractivity contribution is 0.280. The zero-order chi connectivity index (χ0) is 7.40. The van der Waals surface area contributed by atoms with Gasteiger partial charge < -0.3 is 9.67 Å². The van der Waals surface area contributed by atoms with E-state index < -0.39 is 0 Å². The van der Waals surface area contributed by atoms with Crippen molar-refractivity contribution < 1.29 is 5.11 Å². The number of rotatable bonds is 3. The molecule has 1 aromatic rings. The van der Waals surface area contributed by atoms with Gasteiger partial charge in [-0.2, -0.15) is 0 Å². The average molecular weight is 139 g/mol. The number of hydrogen-bond acceptors (Lipinski definition) is 1. The Morgan fingerprint density at radius 1 is 1.60 bits per heavy atom. The van der Waals surface area contributed by atoms with Gasteiger partial charge in [-0.25, -0.2) is 0 Å². The van der Waals surface area contributed by atoms with Crippen LogP contribution < -0.4 is 0 Å². The van der Waals surface area contributed by atoms with Crippen LogP contribution in [0.25, 0.3) is 0 Å². The van der Waals surface area contributed by atoms with Gasteiger partial charge in [-0.3, -0.25) is 0 Å². The topological polar surface area (TPSA) is 25.2 Å². The van der Waals surface area contributed by atoms with E-state index in [0.29, 0.717) is 0 Å². The van der Waals surface area contributed by atoms with Crippen molar-refractivity contribution in [3.05, 3.63) is 24.0 Å². The van der Waals surface area contributed by atoms with Crippen LogP contribution in [0.2, 0.25) is 0 Å². The Hall–Kier alpha value is -0.760. The first kappa shape index (κ1) is 7.35. The highest BCUT2D eigenvalue weighted by molar-refractivity contribution is 5.06. The van der Waals surface area contributed by atoms with Gasteiger partial charge in [-0.15, -0.1) is 0 Å². The van der Waals surface area contributed by atoms with E-state index in [1.165, 1.54) is 5.56 Å².